The fraction of sp³-hybridized carbons (Fsp3) is 0.821. The molecule has 0 bridgehead atoms. The minimum Gasteiger partial charge on any atom is -0.503 e. The minimum absolute atomic E-state index is 0.0364. The van der Waals surface area contributed by atoms with Crippen molar-refractivity contribution in [2.24, 2.45) is 0 Å². The van der Waals surface area contributed by atoms with E-state index < -0.39 is 5.97 Å². The fourth-order valence-electron chi connectivity index (χ4n) is 6.05. The number of rotatable bonds is 32. The SMILES string of the molecule is CCCCCCCCCCOOc1c(O)c(C(=O)O)c(CCCCCC)c(CCCCCC)c1OCCCCCCCCCC. The van der Waals surface area contributed by atoms with Crippen molar-refractivity contribution in [3.8, 4) is 17.2 Å². The molecule has 0 radical (unpaired) electrons. The number of carboxylic acids is 1. The third-order valence-corrected chi connectivity index (χ3v) is 8.84. The van der Waals surface area contributed by atoms with Crippen molar-refractivity contribution in [1.82, 2.24) is 0 Å². The van der Waals surface area contributed by atoms with Gasteiger partial charge in [0.15, 0.2) is 11.5 Å². The average Bonchev–Trinajstić information content (AvgIpc) is 3.03. The van der Waals surface area contributed by atoms with Crippen molar-refractivity contribution < 1.29 is 29.5 Å². The maximum Gasteiger partial charge on any atom is 0.339 e. The van der Waals surface area contributed by atoms with Gasteiger partial charge in [-0.3, -0.25) is 0 Å². The molecule has 1 aromatic rings. The van der Waals surface area contributed by atoms with Crippen LogP contribution in [0.15, 0.2) is 0 Å². The summed E-state index contributed by atoms with van der Waals surface area (Å²) in [6, 6.07) is 0. The average molecular weight is 635 g/mol. The van der Waals surface area contributed by atoms with Gasteiger partial charge in [0.05, 0.1) is 13.2 Å². The molecular formula is C39H70O6. The molecular weight excluding hydrogens is 564 g/mol. The third-order valence-electron chi connectivity index (χ3n) is 8.84. The molecule has 2 N–H and O–H groups in total. The van der Waals surface area contributed by atoms with Crippen molar-refractivity contribution in [2.45, 2.75) is 195 Å². The van der Waals surface area contributed by atoms with Crippen LogP contribution in [-0.2, 0) is 17.7 Å². The number of carboxylic acid groups (broad SMARTS) is 1. The molecule has 45 heavy (non-hydrogen) atoms. The number of carbonyl (C=O) groups is 1. The summed E-state index contributed by atoms with van der Waals surface area (Å²) < 4.78 is 6.44. The Morgan fingerprint density at radius 3 is 1.38 bits per heavy atom. The topological polar surface area (TPSA) is 85.2 Å². The van der Waals surface area contributed by atoms with Crippen LogP contribution in [0.4, 0.5) is 0 Å². The van der Waals surface area contributed by atoms with Gasteiger partial charge in [-0.2, -0.15) is 4.89 Å². The van der Waals surface area contributed by atoms with Gasteiger partial charge in [0.25, 0.3) is 0 Å². The predicted octanol–water partition coefficient (Wildman–Crippen LogP) is 12.3. The molecule has 0 amide bonds. The standard InChI is InChI=1S/C39H70O6/c1-5-9-13-17-19-21-23-27-31-43-37-34(30-26-16-12-8-4)33(29-25-15-11-7-3)35(39(41)42)36(40)38(37)45-44-32-28-24-22-20-18-14-10-6-2/h40H,5-32H2,1-4H3,(H,41,42). The zero-order valence-electron chi connectivity index (χ0n) is 29.8. The first-order valence-electron chi connectivity index (χ1n) is 19.1. The highest BCUT2D eigenvalue weighted by Crippen LogP contribution is 2.46. The number of unbranched alkanes of at least 4 members (excludes halogenated alkanes) is 20. The Kier molecular flexibility index (Phi) is 25.8. The Morgan fingerprint density at radius 1 is 0.511 bits per heavy atom. The van der Waals surface area contributed by atoms with Crippen LogP contribution >= 0.6 is 0 Å². The lowest BCUT2D eigenvalue weighted by Gasteiger charge is -2.22. The lowest BCUT2D eigenvalue weighted by Crippen LogP contribution is -2.13. The highest BCUT2D eigenvalue weighted by molar-refractivity contribution is 5.95. The summed E-state index contributed by atoms with van der Waals surface area (Å²) in [7, 11) is 0. The van der Waals surface area contributed by atoms with E-state index in [1.54, 1.807) is 0 Å². The number of benzene rings is 1. The van der Waals surface area contributed by atoms with Gasteiger partial charge in [-0.05, 0) is 44.1 Å². The van der Waals surface area contributed by atoms with Crippen molar-refractivity contribution in [3.63, 3.8) is 0 Å². The van der Waals surface area contributed by atoms with E-state index in [1.807, 2.05) is 0 Å². The van der Waals surface area contributed by atoms with Crippen LogP contribution in [0.25, 0.3) is 0 Å². The molecule has 1 aromatic carbocycles. The summed E-state index contributed by atoms with van der Waals surface area (Å²) in [5.41, 5.74) is 1.53. The van der Waals surface area contributed by atoms with E-state index in [0.29, 0.717) is 37.4 Å². The van der Waals surface area contributed by atoms with Crippen LogP contribution in [0.2, 0.25) is 0 Å². The number of ether oxygens (including phenoxy) is 1. The molecule has 0 spiro atoms. The van der Waals surface area contributed by atoms with Crippen molar-refractivity contribution >= 4 is 5.97 Å². The van der Waals surface area contributed by atoms with Gasteiger partial charge in [-0.1, -0.05) is 156 Å². The molecule has 6 heteroatoms. The van der Waals surface area contributed by atoms with Gasteiger partial charge < -0.3 is 19.8 Å². The zero-order chi connectivity index (χ0) is 33.0. The summed E-state index contributed by atoms with van der Waals surface area (Å²) in [6.45, 7) is 9.73. The number of aromatic carboxylic acids is 1. The van der Waals surface area contributed by atoms with E-state index in [9.17, 15) is 15.0 Å². The van der Waals surface area contributed by atoms with Crippen molar-refractivity contribution in [1.29, 1.82) is 0 Å². The van der Waals surface area contributed by atoms with Gasteiger partial charge in [-0.15, -0.1) is 0 Å². The Labute approximate surface area is 276 Å². The first-order chi connectivity index (χ1) is 22.0. The Bertz CT molecular complexity index is 868. The summed E-state index contributed by atoms with van der Waals surface area (Å²) >= 11 is 0. The van der Waals surface area contributed by atoms with Crippen LogP contribution in [0.3, 0.4) is 0 Å². The molecule has 0 aliphatic heterocycles. The second-order valence-corrected chi connectivity index (χ2v) is 13.0. The molecule has 1 rings (SSSR count). The number of aromatic hydroxyl groups is 1. The largest absolute Gasteiger partial charge is 0.503 e. The van der Waals surface area contributed by atoms with Gasteiger partial charge in [0.1, 0.15) is 5.56 Å². The lowest BCUT2D eigenvalue weighted by atomic mass is 9.90. The maximum atomic E-state index is 12.6. The van der Waals surface area contributed by atoms with Crippen LogP contribution in [0, 0.1) is 0 Å². The third kappa shape index (κ3) is 18.1. The minimum atomic E-state index is -1.13. The van der Waals surface area contributed by atoms with E-state index in [2.05, 4.69) is 27.7 Å². The number of hydrogen-bond acceptors (Lipinski definition) is 5. The molecule has 0 saturated heterocycles. The molecule has 0 saturated carbocycles. The molecule has 262 valence electrons. The van der Waals surface area contributed by atoms with Gasteiger partial charge in [0, 0.05) is 5.56 Å². The summed E-state index contributed by atoms with van der Waals surface area (Å²) in [6.07, 6.45) is 28.8. The van der Waals surface area contributed by atoms with E-state index in [0.717, 1.165) is 82.6 Å². The zero-order valence-corrected chi connectivity index (χ0v) is 29.8. The lowest BCUT2D eigenvalue weighted by molar-refractivity contribution is -0.209. The second kappa shape index (κ2) is 28.3. The van der Waals surface area contributed by atoms with Crippen LogP contribution in [-0.4, -0.2) is 29.4 Å². The molecule has 0 heterocycles. The van der Waals surface area contributed by atoms with E-state index >= 15 is 0 Å². The normalized spacial score (nSPS) is 11.3. The fourth-order valence-corrected chi connectivity index (χ4v) is 6.05. The van der Waals surface area contributed by atoms with Crippen molar-refractivity contribution in [3.05, 3.63) is 16.7 Å². The Morgan fingerprint density at radius 2 is 0.911 bits per heavy atom. The van der Waals surface area contributed by atoms with Gasteiger partial charge >= 0.3 is 5.97 Å². The van der Waals surface area contributed by atoms with E-state index in [1.165, 1.54) is 77.0 Å². The van der Waals surface area contributed by atoms with E-state index in [-0.39, 0.29) is 17.1 Å². The molecule has 0 aliphatic rings. The monoisotopic (exact) mass is 635 g/mol. The van der Waals surface area contributed by atoms with Crippen LogP contribution < -0.4 is 9.62 Å². The second-order valence-electron chi connectivity index (χ2n) is 13.0. The van der Waals surface area contributed by atoms with Crippen molar-refractivity contribution in [2.75, 3.05) is 13.2 Å². The molecule has 6 nitrogen and oxygen atoms in total. The van der Waals surface area contributed by atoms with Gasteiger partial charge in [0.2, 0.25) is 5.75 Å². The summed E-state index contributed by atoms with van der Waals surface area (Å²) in [5.74, 6) is -0.977. The Balaban J connectivity index is 3.13. The maximum absolute atomic E-state index is 12.6. The molecule has 0 unspecified atom stereocenters. The smallest absolute Gasteiger partial charge is 0.339 e. The molecule has 0 aromatic heterocycles. The molecule has 0 atom stereocenters. The highest BCUT2D eigenvalue weighted by Gasteiger charge is 2.30. The number of phenols is 1. The quantitative estimate of drug-likeness (QED) is 0.0466. The Hall–Kier alpha value is -1.95. The van der Waals surface area contributed by atoms with Gasteiger partial charge in [-0.25, -0.2) is 4.79 Å². The van der Waals surface area contributed by atoms with Crippen LogP contribution in [0.1, 0.15) is 203 Å². The highest BCUT2D eigenvalue weighted by atomic mass is 17.2. The first kappa shape index (κ1) is 41.1. The molecule has 0 fully saturated rings. The number of hydrogen-bond donors (Lipinski definition) is 2. The summed E-state index contributed by atoms with van der Waals surface area (Å²) in [4.78, 5) is 24.0. The predicted molar refractivity (Wildman–Crippen MR) is 188 cm³/mol. The summed E-state index contributed by atoms with van der Waals surface area (Å²) in [5, 5.41) is 21.7. The first-order valence-corrected chi connectivity index (χ1v) is 19.1. The van der Waals surface area contributed by atoms with Crippen LogP contribution in [0.5, 0.6) is 17.2 Å². The van der Waals surface area contributed by atoms with E-state index in [4.69, 9.17) is 14.5 Å². The molecule has 0 aliphatic carbocycles.